The Bertz CT molecular complexity index is 946. The van der Waals surface area contributed by atoms with Crippen LogP contribution in [-0.2, 0) is 22.6 Å². The summed E-state index contributed by atoms with van der Waals surface area (Å²) in [5.41, 5.74) is -1.19. The monoisotopic (exact) mass is 431 g/mol. The molecule has 0 radical (unpaired) electrons. The van der Waals surface area contributed by atoms with E-state index in [2.05, 4.69) is 15.6 Å². The molecule has 0 bridgehead atoms. The van der Waals surface area contributed by atoms with Crippen molar-refractivity contribution in [3.05, 3.63) is 65.5 Å². The van der Waals surface area contributed by atoms with E-state index in [1.807, 2.05) is 0 Å². The summed E-state index contributed by atoms with van der Waals surface area (Å²) in [6, 6.07) is 10.5. The Balaban J connectivity index is 1.88. The zero-order valence-electron chi connectivity index (χ0n) is 15.6. The van der Waals surface area contributed by atoms with Crippen molar-refractivity contribution in [1.82, 2.24) is 10.6 Å². The van der Waals surface area contributed by atoms with Gasteiger partial charge in [0.1, 0.15) is 5.82 Å². The summed E-state index contributed by atoms with van der Waals surface area (Å²) in [7, 11) is -1.97. The van der Waals surface area contributed by atoms with Crippen LogP contribution >= 0.6 is 0 Å². The normalized spacial score (nSPS) is 12.7. The maximum absolute atomic E-state index is 13.2. The van der Waals surface area contributed by atoms with Gasteiger partial charge in [-0.25, -0.2) is 12.8 Å². The van der Waals surface area contributed by atoms with Crippen LogP contribution in [0.2, 0.25) is 0 Å². The lowest BCUT2D eigenvalue weighted by Crippen LogP contribution is -2.38. The molecule has 29 heavy (non-hydrogen) atoms. The summed E-state index contributed by atoms with van der Waals surface area (Å²) >= 11 is 0. The molecular formula is C19H21F4N3O2S. The molecule has 0 spiro atoms. The van der Waals surface area contributed by atoms with Crippen molar-refractivity contribution in [3.8, 4) is 0 Å². The van der Waals surface area contributed by atoms with Gasteiger partial charge in [-0.15, -0.1) is 0 Å². The number of rotatable bonds is 7. The Hall–Kier alpha value is -2.62. The van der Waals surface area contributed by atoms with E-state index >= 15 is 0 Å². The molecule has 0 aromatic heterocycles. The van der Waals surface area contributed by atoms with Crippen LogP contribution in [0.4, 0.5) is 17.6 Å². The lowest BCUT2D eigenvalue weighted by atomic mass is 10.1. The fourth-order valence-corrected chi connectivity index (χ4v) is 3.91. The zero-order chi connectivity index (χ0) is 21.5. The van der Waals surface area contributed by atoms with Crippen LogP contribution in [0.3, 0.4) is 0 Å². The number of sulfone groups is 1. The van der Waals surface area contributed by atoms with Crippen LogP contribution in [0.1, 0.15) is 17.5 Å². The third-order valence-electron chi connectivity index (χ3n) is 4.03. The quantitative estimate of drug-likeness (QED) is 0.305. The first-order valence-electron chi connectivity index (χ1n) is 8.71. The Morgan fingerprint density at radius 1 is 1.07 bits per heavy atom. The van der Waals surface area contributed by atoms with Gasteiger partial charge in [0.05, 0.1) is 16.2 Å². The van der Waals surface area contributed by atoms with Crippen molar-refractivity contribution < 1.29 is 26.0 Å². The number of hydrogen-bond acceptors (Lipinski definition) is 3. The molecule has 2 aromatic carbocycles. The Morgan fingerprint density at radius 2 is 1.76 bits per heavy atom. The molecule has 2 N–H and O–H groups in total. The summed E-state index contributed by atoms with van der Waals surface area (Å²) < 4.78 is 76.7. The standard InChI is InChI=1S/C19H21F4N3O2S/c1-24-18(25-10-5-11-29(27,28)16-6-3-2-4-7-16)26-13-14-8-9-15(20)12-17(14)19(21,22)23/h2-4,6-9,12H,5,10-11,13H2,1H3,(H2,24,25,26). The molecule has 0 fully saturated rings. The van der Waals surface area contributed by atoms with Crippen molar-refractivity contribution >= 4 is 15.8 Å². The van der Waals surface area contributed by atoms with Crippen LogP contribution in [0, 0.1) is 5.82 Å². The van der Waals surface area contributed by atoms with E-state index in [0.717, 1.165) is 12.1 Å². The molecule has 0 saturated carbocycles. The van der Waals surface area contributed by atoms with Crippen LogP contribution < -0.4 is 10.6 Å². The number of guanidine groups is 1. The third-order valence-corrected chi connectivity index (χ3v) is 5.85. The Kier molecular flexibility index (Phi) is 7.60. The minimum Gasteiger partial charge on any atom is -0.356 e. The van der Waals surface area contributed by atoms with Gasteiger partial charge >= 0.3 is 6.18 Å². The zero-order valence-corrected chi connectivity index (χ0v) is 16.4. The summed E-state index contributed by atoms with van der Waals surface area (Å²) in [4.78, 5) is 4.13. The molecule has 0 amide bonds. The van der Waals surface area contributed by atoms with Gasteiger partial charge in [-0.2, -0.15) is 13.2 Å². The molecule has 5 nitrogen and oxygen atoms in total. The molecular weight excluding hydrogens is 410 g/mol. The number of alkyl halides is 3. The summed E-state index contributed by atoms with van der Waals surface area (Å²) in [5.74, 6) is -0.847. The maximum atomic E-state index is 13.2. The second-order valence-corrected chi connectivity index (χ2v) is 8.25. The van der Waals surface area contributed by atoms with Crippen molar-refractivity contribution in [2.45, 2.75) is 24.0 Å². The molecule has 2 rings (SSSR count). The van der Waals surface area contributed by atoms with Crippen LogP contribution in [0.15, 0.2) is 58.4 Å². The van der Waals surface area contributed by atoms with E-state index in [1.54, 1.807) is 18.2 Å². The summed E-state index contributed by atoms with van der Waals surface area (Å²) in [6.45, 7) is 0.0262. The fraction of sp³-hybridized carbons (Fsp3) is 0.316. The number of aliphatic imine (C=N–C) groups is 1. The Morgan fingerprint density at radius 3 is 2.38 bits per heavy atom. The van der Waals surface area contributed by atoms with E-state index in [1.165, 1.54) is 19.2 Å². The lowest BCUT2D eigenvalue weighted by Gasteiger charge is -2.16. The smallest absolute Gasteiger partial charge is 0.356 e. The van der Waals surface area contributed by atoms with Crippen molar-refractivity contribution in [2.24, 2.45) is 4.99 Å². The lowest BCUT2D eigenvalue weighted by molar-refractivity contribution is -0.138. The van der Waals surface area contributed by atoms with Gasteiger partial charge in [0.25, 0.3) is 0 Å². The third kappa shape index (κ3) is 6.74. The molecule has 0 atom stereocenters. The first kappa shape index (κ1) is 22.7. The maximum Gasteiger partial charge on any atom is 0.416 e. The highest BCUT2D eigenvalue weighted by Crippen LogP contribution is 2.32. The average molecular weight is 431 g/mol. The molecule has 0 saturated heterocycles. The highest BCUT2D eigenvalue weighted by atomic mass is 32.2. The number of nitrogens with one attached hydrogen (secondary N) is 2. The predicted molar refractivity (Wildman–Crippen MR) is 103 cm³/mol. The minimum atomic E-state index is -4.68. The second kappa shape index (κ2) is 9.73. The summed E-state index contributed by atoms with van der Waals surface area (Å²) in [6.07, 6.45) is -4.40. The minimum absolute atomic E-state index is 0.0861. The molecule has 2 aromatic rings. The summed E-state index contributed by atoms with van der Waals surface area (Å²) in [5, 5.41) is 5.57. The van der Waals surface area contributed by atoms with Gasteiger partial charge in [0.2, 0.25) is 0 Å². The van der Waals surface area contributed by atoms with Gasteiger partial charge in [-0.05, 0) is 36.2 Å². The highest BCUT2D eigenvalue weighted by molar-refractivity contribution is 7.91. The number of halogens is 4. The molecule has 0 aliphatic carbocycles. The topological polar surface area (TPSA) is 70.6 Å². The van der Waals surface area contributed by atoms with E-state index in [9.17, 15) is 26.0 Å². The highest BCUT2D eigenvalue weighted by Gasteiger charge is 2.33. The first-order valence-corrected chi connectivity index (χ1v) is 10.4. The van der Waals surface area contributed by atoms with Crippen LogP contribution in [-0.4, -0.2) is 33.7 Å². The van der Waals surface area contributed by atoms with E-state index in [-0.39, 0.29) is 41.7 Å². The molecule has 0 aliphatic heterocycles. The second-order valence-electron chi connectivity index (χ2n) is 6.14. The van der Waals surface area contributed by atoms with Gasteiger partial charge in [0.15, 0.2) is 15.8 Å². The van der Waals surface area contributed by atoms with Crippen molar-refractivity contribution in [2.75, 3.05) is 19.3 Å². The average Bonchev–Trinajstić information content (AvgIpc) is 2.68. The van der Waals surface area contributed by atoms with Crippen molar-refractivity contribution in [1.29, 1.82) is 0 Å². The van der Waals surface area contributed by atoms with Crippen molar-refractivity contribution in [3.63, 3.8) is 0 Å². The molecule has 0 aliphatic rings. The van der Waals surface area contributed by atoms with Gasteiger partial charge < -0.3 is 10.6 Å². The van der Waals surface area contributed by atoms with Gasteiger partial charge in [-0.3, -0.25) is 4.99 Å². The fourth-order valence-electron chi connectivity index (χ4n) is 2.58. The Labute approximate surface area is 166 Å². The van der Waals surface area contributed by atoms with Gasteiger partial charge in [0, 0.05) is 20.1 Å². The first-order chi connectivity index (χ1) is 13.6. The van der Waals surface area contributed by atoms with Crippen LogP contribution in [0.25, 0.3) is 0 Å². The molecule has 0 unspecified atom stereocenters. The number of nitrogens with zero attached hydrogens (tertiary/aromatic N) is 1. The molecule has 0 heterocycles. The largest absolute Gasteiger partial charge is 0.416 e. The van der Waals surface area contributed by atoms with Gasteiger partial charge in [-0.1, -0.05) is 24.3 Å². The predicted octanol–water partition coefficient (Wildman–Crippen LogP) is 3.37. The number of benzene rings is 2. The number of hydrogen-bond donors (Lipinski definition) is 2. The van der Waals surface area contributed by atoms with E-state index in [0.29, 0.717) is 6.07 Å². The van der Waals surface area contributed by atoms with E-state index in [4.69, 9.17) is 0 Å². The molecule has 158 valence electrons. The van der Waals surface area contributed by atoms with Crippen LogP contribution in [0.5, 0.6) is 0 Å². The SMILES string of the molecule is CN=C(NCCCS(=O)(=O)c1ccccc1)NCc1ccc(F)cc1C(F)(F)F. The molecule has 10 heteroatoms. The van der Waals surface area contributed by atoms with E-state index < -0.39 is 27.4 Å².